The maximum absolute atomic E-state index is 13.8. The van der Waals surface area contributed by atoms with E-state index in [1.54, 1.807) is 30.5 Å². The molecule has 0 bridgehead atoms. The number of carbonyl (C=O) groups is 1. The van der Waals surface area contributed by atoms with E-state index in [4.69, 9.17) is 4.74 Å². The number of benzene rings is 3. The summed E-state index contributed by atoms with van der Waals surface area (Å²) in [7, 11) is -2.45. The monoisotopic (exact) mass is 498 g/mol. The van der Waals surface area contributed by atoms with Crippen LogP contribution in [0.25, 0.3) is 21.8 Å². The first-order valence-corrected chi connectivity index (χ1v) is 13.4. The van der Waals surface area contributed by atoms with E-state index < -0.39 is 22.0 Å². The molecule has 3 heterocycles. The lowest BCUT2D eigenvalue weighted by molar-refractivity contribution is -0.145. The van der Waals surface area contributed by atoms with Crippen LogP contribution in [0.15, 0.2) is 83.9 Å². The van der Waals surface area contributed by atoms with Crippen LogP contribution in [0.5, 0.6) is 0 Å². The third-order valence-electron chi connectivity index (χ3n) is 7.47. The van der Waals surface area contributed by atoms with Crippen molar-refractivity contribution in [2.45, 2.75) is 31.2 Å². The Morgan fingerprint density at radius 1 is 0.889 bits per heavy atom. The predicted molar refractivity (Wildman–Crippen MR) is 140 cm³/mol. The highest BCUT2D eigenvalue weighted by Crippen LogP contribution is 2.46. The van der Waals surface area contributed by atoms with Gasteiger partial charge in [0, 0.05) is 40.2 Å². The fourth-order valence-electron chi connectivity index (χ4n) is 5.70. The summed E-state index contributed by atoms with van der Waals surface area (Å²) < 4.78 is 36.4. The molecule has 1 aliphatic rings. The van der Waals surface area contributed by atoms with Crippen molar-refractivity contribution in [2.24, 2.45) is 5.92 Å². The maximum Gasteiger partial charge on any atom is 0.311 e. The van der Waals surface area contributed by atoms with Gasteiger partial charge in [0.1, 0.15) is 0 Å². The molecule has 0 spiro atoms. The van der Waals surface area contributed by atoms with Gasteiger partial charge in [0.25, 0.3) is 10.0 Å². The van der Waals surface area contributed by atoms with Crippen LogP contribution in [0.2, 0.25) is 0 Å². The topological polar surface area (TPSA) is 70.3 Å². The highest BCUT2D eigenvalue weighted by atomic mass is 32.2. The molecule has 6 rings (SSSR count). The zero-order valence-corrected chi connectivity index (χ0v) is 21.1. The van der Waals surface area contributed by atoms with E-state index in [-0.39, 0.29) is 10.9 Å². The minimum atomic E-state index is -3.86. The summed E-state index contributed by atoms with van der Waals surface area (Å²) in [4.78, 5) is 13.3. The van der Waals surface area contributed by atoms with Crippen molar-refractivity contribution in [1.29, 1.82) is 0 Å². The number of para-hydroxylation sites is 2. The Balaban J connectivity index is 1.63. The van der Waals surface area contributed by atoms with Crippen molar-refractivity contribution in [3.8, 4) is 0 Å². The van der Waals surface area contributed by atoms with Crippen molar-refractivity contribution in [2.75, 3.05) is 7.11 Å². The highest BCUT2D eigenvalue weighted by Gasteiger charge is 2.42. The molecule has 0 unspecified atom stereocenters. The molecule has 1 aliphatic heterocycles. The number of aromatic nitrogens is 2. The van der Waals surface area contributed by atoms with Gasteiger partial charge in [-0.2, -0.15) is 0 Å². The third-order valence-corrected chi connectivity index (χ3v) is 9.16. The zero-order valence-electron chi connectivity index (χ0n) is 20.3. The first-order chi connectivity index (χ1) is 17.3. The van der Waals surface area contributed by atoms with E-state index in [9.17, 15) is 13.2 Å². The second-order valence-corrected chi connectivity index (χ2v) is 11.3. The van der Waals surface area contributed by atoms with Crippen LogP contribution in [0.1, 0.15) is 28.4 Å². The number of esters is 1. The molecule has 0 fully saturated rings. The lowest BCUT2D eigenvalue weighted by Gasteiger charge is -2.21. The lowest BCUT2D eigenvalue weighted by atomic mass is 9.91. The quantitative estimate of drug-likeness (QED) is 0.312. The van der Waals surface area contributed by atoms with Crippen LogP contribution in [0.4, 0.5) is 0 Å². The maximum atomic E-state index is 13.8. The summed E-state index contributed by atoms with van der Waals surface area (Å²) in [6, 6.07) is 22.1. The van der Waals surface area contributed by atoms with Gasteiger partial charge in [-0.1, -0.05) is 54.1 Å². The highest BCUT2D eigenvalue weighted by molar-refractivity contribution is 7.90. The summed E-state index contributed by atoms with van der Waals surface area (Å²) in [6.07, 6.45) is 2.22. The van der Waals surface area contributed by atoms with Crippen LogP contribution in [-0.4, -0.2) is 30.0 Å². The molecule has 7 heteroatoms. The molecule has 2 aromatic heterocycles. The molecule has 0 aliphatic carbocycles. The molecule has 3 aromatic carbocycles. The number of methoxy groups -OCH3 is 1. The second kappa shape index (κ2) is 8.10. The number of rotatable bonds is 4. The minimum Gasteiger partial charge on any atom is -0.469 e. The molecule has 5 aromatic rings. The van der Waals surface area contributed by atoms with E-state index in [0.29, 0.717) is 11.9 Å². The largest absolute Gasteiger partial charge is 0.469 e. The first-order valence-electron chi connectivity index (χ1n) is 11.9. The van der Waals surface area contributed by atoms with Crippen LogP contribution in [0, 0.1) is 19.8 Å². The number of nitrogens with zero attached hydrogens (tertiary/aromatic N) is 2. The van der Waals surface area contributed by atoms with E-state index in [1.807, 2.05) is 43.3 Å². The minimum absolute atomic E-state index is 0.222. The third kappa shape index (κ3) is 3.15. The summed E-state index contributed by atoms with van der Waals surface area (Å²) in [5.74, 6) is -0.764. The average molecular weight is 499 g/mol. The zero-order chi connectivity index (χ0) is 25.2. The molecule has 0 amide bonds. The van der Waals surface area contributed by atoms with E-state index in [2.05, 4.69) is 23.6 Å². The van der Waals surface area contributed by atoms with E-state index >= 15 is 0 Å². The van der Waals surface area contributed by atoms with Gasteiger partial charge in [-0.15, -0.1) is 0 Å². The molecule has 0 N–H and O–H groups in total. The fourth-order valence-corrected chi connectivity index (χ4v) is 7.08. The Labute approximate surface area is 209 Å². The summed E-state index contributed by atoms with van der Waals surface area (Å²) in [6.45, 7) is 4.00. The molecular formula is C29H26N2O4S. The molecule has 0 radical (unpaired) electrons. The van der Waals surface area contributed by atoms with Gasteiger partial charge in [-0.3, -0.25) is 4.79 Å². The SMILES string of the molecule is COC(=O)[C@@H]1Cc2c(C)c3ccccc3n2[C@H]1c1cn(S(=O)(=O)c2ccc(C)cc2)c2ccccc12. The van der Waals surface area contributed by atoms with Gasteiger partial charge in [-0.05, 0) is 43.7 Å². The number of fused-ring (bicyclic) bond motifs is 4. The van der Waals surface area contributed by atoms with Crippen LogP contribution < -0.4 is 0 Å². The molecule has 6 nitrogen and oxygen atoms in total. The molecular weight excluding hydrogens is 472 g/mol. The molecule has 2 atom stereocenters. The van der Waals surface area contributed by atoms with Crippen LogP contribution in [-0.2, 0) is 26.0 Å². The normalized spacial score (nSPS) is 17.5. The van der Waals surface area contributed by atoms with Gasteiger partial charge < -0.3 is 9.30 Å². The van der Waals surface area contributed by atoms with Crippen LogP contribution in [0.3, 0.4) is 0 Å². The number of carbonyl (C=O) groups excluding carboxylic acids is 1. The first kappa shape index (κ1) is 22.6. The van der Waals surface area contributed by atoms with Gasteiger partial charge in [0.05, 0.1) is 29.5 Å². The van der Waals surface area contributed by atoms with Crippen LogP contribution >= 0.6 is 0 Å². The van der Waals surface area contributed by atoms with E-state index in [0.717, 1.165) is 38.7 Å². The lowest BCUT2D eigenvalue weighted by Crippen LogP contribution is -2.24. The Kier molecular flexibility index (Phi) is 5.09. The molecule has 182 valence electrons. The van der Waals surface area contributed by atoms with Crippen molar-refractivity contribution in [3.05, 3.63) is 101 Å². The van der Waals surface area contributed by atoms with Crippen molar-refractivity contribution in [1.82, 2.24) is 8.54 Å². The standard InChI is InChI=1S/C29H26N2O4S/c1-18-12-14-20(15-13-18)36(33,34)30-17-24(22-9-5-6-10-25(22)30)28-23(29(32)35-3)16-27-19(2)21-8-4-7-11-26(21)31(27)28/h4-15,17,23,28H,16H2,1-3H3/t23-,28-/m1/s1. The Bertz CT molecular complexity index is 1760. The average Bonchev–Trinajstić information content (AvgIpc) is 3.54. The molecule has 0 saturated heterocycles. The van der Waals surface area contributed by atoms with Gasteiger partial charge >= 0.3 is 5.97 Å². The van der Waals surface area contributed by atoms with Gasteiger partial charge in [0.15, 0.2) is 0 Å². The number of hydrogen-bond acceptors (Lipinski definition) is 4. The van der Waals surface area contributed by atoms with Crippen molar-refractivity contribution in [3.63, 3.8) is 0 Å². The summed E-state index contributed by atoms with van der Waals surface area (Å²) in [5, 5.41) is 1.94. The van der Waals surface area contributed by atoms with E-state index in [1.165, 1.54) is 11.1 Å². The summed E-state index contributed by atoms with van der Waals surface area (Å²) in [5.41, 5.74) is 5.60. The van der Waals surface area contributed by atoms with Crippen molar-refractivity contribution < 1.29 is 17.9 Å². The second-order valence-electron chi connectivity index (χ2n) is 9.45. The van der Waals surface area contributed by atoms with Crippen molar-refractivity contribution >= 4 is 37.8 Å². The van der Waals surface area contributed by atoms with Gasteiger partial charge in [-0.25, -0.2) is 12.4 Å². The predicted octanol–water partition coefficient (Wildman–Crippen LogP) is 5.38. The molecule has 0 saturated carbocycles. The fraction of sp³-hybridized carbons (Fsp3) is 0.207. The Morgan fingerprint density at radius 3 is 2.22 bits per heavy atom. The Hall–Kier alpha value is -3.84. The smallest absolute Gasteiger partial charge is 0.311 e. The molecule has 36 heavy (non-hydrogen) atoms. The number of ether oxygens (including phenoxy) is 1. The number of hydrogen-bond donors (Lipinski definition) is 0. The number of aryl methyl sites for hydroxylation is 2. The summed E-state index contributed by atoms with van der Waals surface area (Å²) >= 11 is 0. The Morgan fingerprint density at radius 2 is 1.53 bits per heavy atom. The van der Waals surface area contributed by atoms with Gasteiger partial charge in [0.2, 0.25) is 0 Å².